The zero-order valence-electron chi connectivity index (χ0n) is 16.0. The second kappa shape index (κ2) is 8.70. The number of aryl methyl sites for hydroxylation is 1. The van der Waals surface area contributed by atoms with Crippen molar-refractivity contribution < 1.29 is 18.8 Å². The lowest BCUT2D eigenvalue weighted by Crippen LogP contribution is -2.36. The molecule has 3 aromatic rings. The first-order valence-corrected chi connectivity index (χ1v) is 9.29. The molecule has 0 aliphatic carbocycles. The van der Waals surface area contributed by atoms with Crippen LogP contribution in [0.1, 0.15) is 22.1 Å². The van der Waals surface area contributed by atoms with E-state index in [1.54, 1.807) is 37.4 Å². The van der Waals surface area contributed by atoms with Crippen LogP contribution < -0.4 is 15.0 Å². The van der Waals surface area contributed by atoms with Crippen molar-refractivity contribution in [1.29, 1.82) is 0 Å². The molecular weight excluding hydrogens is 374 g/mol. The van der Waals surface area contributed by atoms with Crippen molar-refractivity contribution in [1.82, 2.24) is 15.1 Å². The lowest BCUT2D eigenvalue weighted by molar-refractivity contribution is 0.102. The molecule has 0 saturated carbocycles. The topological polar surface area (TPSA) is 103 Å². The lowest BCUT2D eigenvalue weighted by atomic mass is 10.2. The van der Waals surface area contributed by atoms with Gasteiger partial charge in [0.05, 0.1) is 25.1 Å². The van der Waals surface area contributed by atoms with Crippen molar-refractivity contribution >= 4 is 17.4 Å². The zero-order chi connectivity index (χ0) is 20.1. The molecule has 4 rings (SSSR count). The maximum atomic E-state index is 12.5. The molecule has 1 saturated heterocycles. The SMILES string of the molecule is Cc1nc(COc2ccc(C(=O)Nc3ccc(N4CCOCC4)nc3)cc2)no1. The molecular formula is C20H21N5O4. The summed E-state index contributed by atoms with van der Waals surface area (Å²) in [6.45, 7) is 4.96. The molecule has 3 heterocycles. The van der Waals surface area contributed by atoms with Crippen LogP contribution in [0.2, 0.25) is 0 Å². The standard InChI is InChI=1S/C20H21N5O4/c1-14-22-18(24-29-14)13-28-17-5-2-15(3-6-17)20(26)23-16-4-7-19(21-12-16)25-8-10-27-11-9-25/h2-7,12H,8-11,13H2,1H3,(H,23,26). The Hall–Kier alpha value is -3.46. The Morgan fingerprint density at radius 1 is 1.17 bits per heavy atom. The average molecular weight is 395 g/mol. The second-order valence-electron chi connectivity index (χ2n) is 6.50. The van der Waals surface area contributed by atoms with Crippen molar-refractivity contribution in [3.8, 4) is 5.75 Å². The first-order valence-electron chi connectivity index (χ1n) is 9.29. The summed E-state index contributed by atoms with van der Waals surface area (Å²) in [7, 11) is 0. The molecule has 9 nitrogen and oxygen atoms in total. The van der Waals surface area contributed by atoms with Crippen LogP contribution in [0, 0.1) is 6.92 Å². The van der Waals surface area contributed by atoms with E-state index in [2.05, 4.69) is 25.3 Å². The highest BCUT2D eigenvalue weighted by Gasteiger charge is 2.13. The summed E-state index contributed by atoms with van der Waals surface area (Å²) in [5, 5.41) is 6.62. The Morgan fingerprint density at radius 2 is 1.97 bits per heavy atom. The summed E-state index contributed by atoms with van der Waals surface area (Å²) in [6, 6.07) is 10.6. The van der Waals surface area contributed by atoms with Gasteiger partial charge in [-0.2, -0.15) is 4.98 Å². The Morgan fingerprint density at radius 3 is 2.62 bits per heavy atom. The fourth-order valence-corrected chi connectivity index (χ4v) is 2.89. The molecule has 1 amide bonds. The van der Waals surface area contributed by atoms with Crippen LogP contribution in [0.4, 0.5) is 11.5 Å². The van der Waals surface area contributed by atoms with E-state index in [-0.39, 0.29) is 12.5 Å². The number of carbonyl (C=O) groups is 1. The van der Waals surface area contributed by atoms with Crippen LogP contribution in [0.5, 0.6) is 5.75 Å². The molecule has 1 aliphatic heterocycles. The van der Waals surface area contributed by atoms with Gasteiger partial charge in [0.2, 0.25) is 11.7 Å². The third-order valence-electron chi connectivity index (χ3n) is 4.39. The number of morpholine rings is 1. The maximum absolute atomic E-state index is 12.5. The van der Waals surface area contributed by atoms with E-state index in [9.17, 15) is 4.79 Å². The fraction of sp³-hybridized carbons (Fsp3) is 0.300. The molecule has 0 atom stereocenters. The number of nitrogens with zero attached hydrogens (tertiary/aromatic N) is 4. The molecule has 1 aromatic carbocycles. The first-order chi connectivity index (χ1) is 14.2. The molecule has 0 radical (unpaired) electrons. The molecule has 1 N–H and O–H groups in total. The van der Waals surface area contributed by atoms with Gasteiger partial charge in [0.25, 0.3) is 5.91 Å². The number of amides is 1. The number of carbonyl (C=O) groups excluding carboxylic acids is 1. The Bertz CT molecular complexity index is 950. The predicted molar refractivity (Wildman–Crippen MR) is 105 cm³/mol. The van der Waals surface area contributed by atoms with Gasteiger partial charge in [-0.25, -0.2) is 4.98 Å². The minimum atomic E-state index is -0.216. The van der Waals surface area contributed by atoms with Crippen molar-refractivity contribution in [2.45, 2.75) is 13.5 Å². The Balaban J connectivity index is 1.32. The van der Waals surface area contributed by atoms with Crippen LogP contribution >= 0.6 is 0 Å². The molecule has 9 heteroatoms. The van der Waals surface area contributed by atoms with E-state index < -0.39 is 0 Å². The van der Waals surface area contributed by atoms with Crippen LogP contribution in [0.25, 0.3) is 0 Å². The Kier molecular flexibility index (Phi) is 5.66. The number of aromatic nitrogens is 3. The third-order valence-corrected chi connectivity index (χ3v) is 4.39. The fourth-order valence-electron chi connectivity index (χ4n) is 2.89. The number of hydrogen-bond donors (Lipinski definition) is 1. The molecule has 0 bridgehead atoms. The minimum Gasteiger partial charge on any atom is -0.485 e. The van der Waals surface area contributed by atoms with E-state index in [1.807, 2.05) is 12.1 Å². The second-order valence-corrected chi connectivity index (χ2v) is 6.50. The van der Waals surface area contributed by atoms with Gasteiger partial charge in [0.1, 0.15) is 11.6 Å². The van der Waals surface area contributed by atoms with Crippen molar-refractivity contribution in [2.75, 3.05) is 36.5 Å². The molecule has 1 fully saturated rings. The average Bonchev–Trinajstić information content (AvgIpc) is 3.19. The van der Waals surface area contributed by atoms with E-state index in [0.717, 1.165) is 18.9 Å². The number of rotatable bonds is 6. The van der Waals surface area contributed by atoms with Gasteiger partial charge in [-0.1, -0.05) is 5.16 Å². The van der Waals surface area contributed by atoms with Crippen LogP contribution in [0.15, 0.2) is 47.1 Å². The van der Waals surface area contributed by atoms with Crippen molar-refractivity contribution in [3.05, 3.63) is 59.9 Å². The van der Waals surface area contributed by atoms with Gasteiger partial charge >= 0.3 is 0 Å². The van der Waals surface area contributed by atoms with Gasteiger partial charge in [-0.15, -0.1) is 0 Å². The smallest absolute Gasteiger partial charge is 0.255 e. The summed E-state index contributed by atoms with van der Waals surface area (Å²) < 4.78 is 15.8. The van der Waals surface area contributed by atoms with Gasteiger partial charge in [0, 0.05) is 25.6 Å². The van der Waals surface area contributed by atoms with Gasteiger partial charge in [-0.3, -0.25) is 4.79 Å². The van der Waals surface area contributed by atoms with E-state index in [1.165, 1.54) is 0 Å². The van der Waals surface area contributed by atoms with E-state index in [0.29, 0.717) is 41.9 Å². The number of ether oxygens (including phenoxy) is 2. The highest BCUT2D eigenvalue weighted by Crippen LogP contribution is 2.18. The van der Waals surface area contributed by atoms with Crippen LogP contribution in [0.3, 0.4) is 0 Å². The van der Waals surface area contributed by atoms with Gasteiger partial charge < -0.3 is 24.2 Å². The number of hydrogen-bond acceptors (Lipinski definition) is 8. The molecule has 1 aliphatic rings. The quantitative estimate of drug-likeness (QED) is 0.679. The summed E-state index contributed by atoms with van der Waals surface area (Å²) in [5.74, 6) is 2.23. The van der Waals surface area contributed by atoms with Gasteiger partial charge in [0.15, 0.2) is 6.61 Å². The molecule has 0 spiro atoms. The molecule has 29 heavy (non-hydrogen) atoms. The monoisotopic (exact) mass is 395 g/mol. The highest BCUT2D eigenvalue weighted by molar-refractivity contribution is 6.04. The summed E-state index contributed by atoms with van der Waals surface area (Å²) in [5.41, 5.74) is 1.16. The van der Waals surface area contributed by atoms with Crippen molar-refractivity contribution in [2.24, 2.45) is 0 Å². The largest absolute Gasteiger partial charge is 0.485 e. The normalized spacial score (nSPS) is 13.9. The zero-order valence-corrected chi connectivity index (χ0v) is 16.0. The van der Waals surface area contributed by atoms with E-state index >= 15 is 0 Å². The number of benzene rings is 1. The number of pyridine rings is 1. The minimum absolute atomic E-state index is 0.198. The van der Waals surface area contributed by atoms with Crippen LogP contribution in [-0.4, -0.2) is 47.3 Å². The molecule has 2 aromatic heterocycles. The third kappa shape index (κ3) is 4.88. The number of nitrogens with one attached hydrogen (secondary N) is 1. The number of anilines is 2. The summed E-state index contributed by atoms with van der Waals surface area (Å²) in [6.07, 6.45) is 1.66. The molecule has 150 valence electrons. The summed E-state index contributed by atoms with van der Waals surface area (Å²) in [4.78, 5) is 23.1. The lowest BCUT2D eigenvalue weighted by Gasteiger charge is -2.27. The molecule has 0 unspecified atom stereocenters. The predicted octanol–water partition coefficient (Wildman–Crippen LogP) is 2.44. The first kappa shape index (κ1) is 18.9. The summed E-state index contributed by atoms with van der Waals surface area (Å²) >= 11 is 0. The van der Waals surface area contributed by atoms with Gasteiger partial charge in [-0.05, 0) is 36.4 Å². The van der Waals surface area contributed by atoms with Crippen LogP contribution in [-0.2, 0) is 11.3 Å². The Labute approximate surface area is 167 Å². The highest BCUT2D eigenvalue weighted by atomic mass is 16.5. The van der Waals surface area contributed by atoms with Crippen molar-refractivity contribution in [3.63, 3.8) is 0 Å². The van der Waals surface area contributed by atoms with E-state index in [4.69, 9.17) is 14.0 Å². The maximum Gasteiger partial charge on any atom is 0.255 e.